The Hall–Kier alpha value is -1.21. The Morgan fingerprint density at radius 2 is 2.24 bits per heavy atom. The van der Waals surface area contributed by atoms with Gasteiger partial charge in [-0.15, -0.1) is 0 Å². The Balaban J connectivity index is 2.61. The standard InChI is InChI=1S/C9H8ClFO5S/c1-14-8-5(3-17(10,12)13)9-7(2-6(8)11)15-4-16-9/h2H,3-4H2,1H3. The molecule has 0 aliphatic carbocycles. The van der Waals surface area contributed by atoms with Crippen molar-refractivity contribution in [2.45, 2.75) is 5.75 Å². The molecule has 0 atom stereocenters. The first-order chi connectivity index (χ1) is 7.92. The second-order valence-corrected chi connectivity index (χ2v) is 6.06. The van der Waals surface area contributed by atoms with Gasteiger partial charge in [0.2, 0.25) is 15.8 Å². The molecule has 0 N–H and O–H groups in total. The summed E-state index contributed by atoms with van der Waals surface area (Å²) in [6, 6.07) is 1.07. The third kappa shape index (κ3) is 2.39. The summed E-state index contributed by atoms with van der Waals surface area (Å²) in [7, 11) is 2.52. The van der Waals surface area contributed by atoms with Crippen molar-refractivity contribution in [1.29, 1.82) is 0 Å². The van der Waals surface area contributed by atoms with Crippen LogP contribution in [0, 0.1) is 5.82 Å². The van der Waals surface area contributed by atoms with E-state index in [4.69, 9.17) is 24.9 Å². The van der Waals surface area contributed by atoms with E-state index in [2.05, 4.69) is 0 Å². The fourth-order valence-corrected chi connectivity index (χ4v) is 2.52. The lowest BCUT2D eigenvalue weighted by Gasteiger charge is -2.10. The van der Waals surface area contributed by atoms with Gasteiger partial charge in [-0.2, -0.15) is 0 Å². The van der Waals surface area contributed by atoms with Crippen molar-refractivity contribution < 1.29 is 27.0 Å². The van der Waals surface area contributed by atoms with Crippen LogP contribution in [0.15, 0.2) is 6.07 Å². The van der Waals surface area contributed by atoms with Crippen LogP contribution < -0.4 is 14.2 Å². The fraction of sp³-hybridized carbons (Fsp3) is 0.333. The summed E-state index contributed by atoms with van der Waals surface area (Å²) in [4.78, 5) is 0. The van der Waals surface area contributed by atoms with Crippen molar-refractivity contribution in [3.63, 3.8) is 0 Å². The van der Waals surface area contributed by atoms with E-state index in [0.717, 1.165) is 6.07 Å². The van der Waals surface area contributed by atoms with Gasteiger partial charge in [-0.1, -0.05) is 0 Å². The van der Waals surface area contributed by atoms with Crippen molar-refractivity contribution in [3.8, 4) is 17.2 Å². The fourth-order valence-electron chi connectivity index (χ4n) is 1.58. The molecule has 17 heavy (non-hydrogen) atoms. The first-order valence-electron chi connectivity index (χ1n) is 4.49. The quantitative estimate of drug-likeness (QED) is 0.789. The number of halogens is 2. The van der Waals surface area contributed by atoms with Crippen molar-refractivity contribution in [1.82, 2.24) is 0 Å². The van der Waals surface area contributed by atoms with Gasteiger partial charge in [0.15, 0.2) is 23.1 Å². The summed E-state index contributed by atoms with van der Waals surface area (Å²) in [5.41, 5.74) is 0.0231. The number of fused-ring (bicyclic) bond motifs is 1. The molecule has 0 saturated heterocycles. The minimum Gasteiger partial charge on any atom is -0.493 e. The van der Waals surface area contributed by atoms with Crippen LogP contribution in [-0.4, -0.2) is 22.3 Å². The predicted molar refractivity (Wildman–Crippen MR) is 57.6 cm³/mol. The molecule has 5 nitrogen and oxygen atoms in total. The SMILES string of the molecule is COc1c(F)cc2c(c1CS(=O)(=O)Cl)OCO2. The van der Waals surface area contributed by atoms with Crippen LogP contribution in [0.25, 0.3) is 0 Å². The second-order valence-electron chi connectivity index (χ2n) is 3.29. The van der Waals surface area contributed by atoms with Gasteiger partial charge in [-0.25, -0.2) is 12.8 Å². The molecule has 1 aromatic rings. The highest BCUT2D eigenvalue weighted by Crippen LogP contribution is 2.43. The average Bonchev–Trinajstić information content (AvgIpc) is 2.63. The van der Waals surface area contributed by atoms with Gasteiger partial charge >= 0.3 is 0 Å². The van der Waals surface area contributed by atoms with Crippen LogP contribution in [0.5, 0.6) is 17.2 Å². The van der Waals surface area contributed by atoms with E-state index < -0.39 is 20.6 Å². The molecule has 8 heteroatoms. The lowest BCUT2D eigenvalue weighted by molar-refractivity contribution is 0.173. The molecular weight excluding hydrogens is 275 g/mol. The van der Waals surface area contributed by atoms with Crippen molar-refractivity contribution in [2.24, 2.45) is 0 Å². The van der Waals surface area contributed by atoms with E-state index in [1.54, 1.807) is 0 Å². The maximum absolute atomic E-state index is 13.6. The average molecular weight is 283 g/mol. The minimum atomic E-state index is -3.86. The molecule has 2 rings (SSSR count). The maximum Gasteiger partial charge on any atom is 0.237 e. The van der Waals surface area contributed by atoms with Crippen LogP contribution in [0.4, 0.5) is 4.39 Å². The Morgan fingerprint density at radius 1 is 1.53 bits per heavy atom. The van der Waals surface area contributed by atoms with Crippen LogP contribution in [0.2, 0.25) is 0 Å². The number of hydrogen-bond donors (Lipinski definition) is 0. The van der Waals surface area contributed by atoms with Gasteiger partial charge in [0.1, 0.15) is 0 Å². The topological polar surface area (TPSA) is 61.8 Å². The Kier molecular flexibility index (Phi) is 3.05. The van der Waals surface area contributed by atoms with E-state index in [-0.39, 0.29) is 29.6 Å². The first kappa shape index (κ1) is 12.3. The molecule has 1 aliphatic heterocycles. The Labute approximate surface area is 101 Å². The highest BCUT2D eigenvalue weighted by Gasteiger charge is 2.28. The molecule has 1 aliphatic rings. The number of rotatable bonds is 3. The van der Waals surface area contributed by atoms with Gasteiger partial charge in [0.25, 0.3) is 0 Å². The molecule has 94 valence electrons. The van der Waals surface area contributed by atoms with Crippen molar-refractivity contribution in [2.75, 3.05) is 13.9 Å². The molecule has 0 aromatic heterocycles. The molecule has 0 amide bonds. The molecule has 0 radical (unpaired) electrons. The third-order valence-corrected chi connectivity index (χ3v) is 3.15. The zero-order chi connectivity index (χ0) is 12.6. The molecule has 0 spiro atoms. The molecule has 1 heterocycles. The summed E-state index contributed by atoms with van der Waals surface area (Å²) in [5.74, 6) is -1.25. The molecule has 0 fully saturated rings. The molecule has 1 aromatic carbocycles. The maximum atomic E-state index is 13.6. The zero-order valence-corrected chi connectivity index (χ0v) is 10.3. The van der Waals surface area contributed by atoms with Gasteiger partial charge in [0.05, 0.1) is 18.4 Å². The Bertz CT molecular complexity index is 553. The first-order valence-corrected chi connectivity index (χ1v) is 6.97. The summed E-state index contributed by atoms with van der Waals surface area (Å²) in [6.07, 6.45) is 0. The van der Waals surface area contributed by atoms with Crippen LogP contribution in [0.3, 0.4) is 0 Å². The smallest absolute Gasteiger partial charge is 0.237 e. The minimum absolute atomic E-state index is 0.0231. The Morgan fingerprint density at radius 3 is 2.82 bits per heavy atom. The number of benzene rings is 1. The lowest BCUT2D eigenvalue weighted by Crippen LogP contribution is -2.02. The summed E-state index contributed by atoms with van der Waals surface area (Å²) in [6.45, 7) is -0.0999. The molecule has 0 unspecified atom stereocenters. The highest BCUT2D eigenvalue weighted by molar-refractivity contribution is 8.13. The van der Waals surface area contributed by atoms with Crippen molar-refractivity contribution >= 4 is 19.7 Å². The summed E-state index contributed by atoms with van der Waals surface area (Å²) < 4.78 is 50.6. The van der Waals surface area contributed by atoms with Crippen molar-refractivity contribution in [3.05, 3.63) is 17.4 Å². The summed E-state index contributed by atoms with van der Waals surface area (Å²) >= 11 is 0. The third-order valence-electron chi connectivity index (χ3n) is 2.19. The normalized spacial score (nSPS) is 13.8. The monoisotopic (exact) mass is 282 g/mol. The molecule has 0 saturated carbocycles. The van der Waals surface area contributed by atoms with Gasteiger partial charge in [-0.3, -0.25) is 0 Å². The summed E-state index contributed by atoms with van der Waals surface area (Å²) in [5, 5.41) is 0. The predicted octanol–water partition coefficient (Wildman–Crippen LogP) is 1.63. The van der Waals surface area contributed by atoms with Gasteiger partial charge in [0, 0.05) is 16.7 Å². The van der Waals surface area contributed by atoms with Crippen LogP contribution in [0.1, 0.15) is 5.56 Å². The lowest BCUT2D eigenvalue weighted by atomic mass is 10.2. The van der Waals surface area contributed by atoms with Crippen LogP contribution >= 0.6 is 10.7 Å². The van der Waals surface area contributed by atoms with Gasteiger partial charge < -0.3 is 14.2 Å². The number of methoxy groups -OCH3 is 1. The van der Waals surface area contributed by atoms with E-state index in [0.29, 0.717) is 0 Å². The van der Waals surface area contributed by atoms with E-state index in [9.17, 15) is 12.8 Å². The van der Waals surface area contributed by atoms with E-state index in [1.807, 2.05) is 0 Å². The van der Waals surface area contributed by atoms with E-state index >= 15 is 0 Å². The molecular formula is C9H8ClFO5S. The van der Waals surface area contributed by atoms with Crippen LogP contribution in [-0.2, 0) is 14.8 Å². The van der Waals surface area contributed by atoms with Gasteiger partial charge in [-0.05, 0) is 0 Å². The molecule has 0 bridgehead atoms. The second kappa shape index (κ2) is 4.23. The highest BCUT2D eigenvalue weighted by atomic mass is 35.7. The number of hydrogen-bond acceptors (Lipinski definition) is 5. The number of ether oxygens (including phenoxy) is 3. The largest absolute Gasteiger partial charge is 0.493 e. The van der Waals surface area contributed by atoms with E-state index in [1.165, 1.54) is 7.11 Å². The zero-order valence-electron chi connectivity index (χ0n) is 8.70.